The van der Waals surface area contributed by atoms with E-state index in [0.29, 0.717) is 11.1 Å². The number of aromatic hydroxyl groups is 2. The Balaban J connectivity index is 2.59. The van der Waals surface area contributed by atoms with E-state index in [4.69, 9.17) is 9.47 Å². The number of fused-ring (bicyclic) bond motifs is 1. The molecule has 1 heterocycles. The summed E-state index contributed by atoms with van der Waals surface area (Å²) in [4.78, 5) is 0. The van der Waals surface area contributed by atoms with Crippen molar-refractivity contribution >= 4 is 0 Å². The minimum atomic E-state index is -0.829. The first kappa shape index (κ1) is 11.0. The number of aliphatic hydroxyl groups excluding tert-OH is 1. The smallest absolute Gasteiger partial charge is 0.200 e. The van der Waals surface area contributed by atoms with Crippen LogP contribution in [0.2, 0.25) is 0 Å². The molecule has 3 N–H and O–H groups in total. The second-order valence-corrected chi connectivity index (χ2v) is 3.80. The maximum Gasteiger partial charge on any atom is 0.200 e. The zero-order valence-corrected chi connectivity index (χ0v) is 9.10. The van der Waals surface area contributed by atoms with E-state index in [1.807, 2.05) is 0 Å². The van der Waals surface area contributed by atoms with E-state index in [1.165, 1.54) is 13.2 Å². The molecule has 0 radical (unpaired) electrons. The third kappa shape index (κ3) is 1.48. The molecule has 1 aromatic rings. The predicted octanol–water partition coefficient (Wildman–Crippen LogP) is 1.06. The van der Waals surface area contributed by atoms with Gasteiger partial charge in [0.25, 0.3) is 0 Å². The number of aliphatic hydroxyl groups is 1. The van der Waals surface area contributed by atoms with Crippen LogP contribution >= 0.6 is 0 Å². The Labute approximate surface area is 92.9 Å². The van der Waals surface area contributed by atoms with Gasteiger partial charge in [-0.15, -0.1) is 0 Å². The molecule has 5 heteroatoms. The number of benzene rings is 1. The second-order valence-electron chi connectivity index (χ2n) is 3.80. The highest BCUT2D eigenvalue weighted by Gasteiger charge is 2.30. The molecule has 2 unspecified atom stereocenters. The highest BCUT2D eigenvalue weighted by molar-refractivity contribution is 5.58. The van der Waals surface area contributed by atoms with Crippen molar-refractivity contribution in [3.8, 4) is 17.2 Å². The van der Waals surface area contributed by atoms with Crippen LogP contribution in [0.4, 0.5) is 0 Å². The first-order chi connectivity index (χ1) is 7.56. The van der Waals surface area contributed by atoms with Gasteiger partial charge in [0.1, 0.15) is 6.10 Å². The number of ether oxygens (including phenoxy) is 2. The maximum atomic E-state index is 9.89. The van der Waals surface area contributed by atoms with Gasteiger partial charge < -0.3 is 24.8 Å². The van der Waals surface area contributed by atoms with Crippen molar-refractivity contribution in [2.24, 2.45) is 0 Å². The first-order valence-corrected chi connectivity index (χ1v) is 4.97. The van der Waals surface area contributed by atoms with Gasteiger partial charge in [-0.1, -0.05) is 0 Å². The average Bonchev–Trinajstić information content (AvgIpc) is 2.28. The summed E-state index contributed by atoms with van der Waals surface area (Å²) in [6.07, 6.45) is -1.18. The van der Waals surface area contributed by atoms with E-state index in [9.17, 15) is 15.3 Å². The van der Waals surface area contributed by atoms with Gasteiger partial charge in [0.2, 0.25) is 5.75 Å². The van der Waals surface area contributed by atoms with Crippen LogP contribution < -0.4 is 4.74 Å². The van der Waals surface area contributed by atoms with Crippen molar-refractivity contribution in [1.82, 2.24) is 0 Å². The molecule has 0 amide bonds. The third-order valence-corrected chi connectivity index (χ3v) is 2.85. The summed E-state index contributed by atoms with van der Waals surface area (Å²) in [5.74, 6) is -0.476. The molecule has 1 aliphatic heterocycles. The minimum Gasteiger partial charge on any atom is -0.504 e. The summed E-state index contributed by atoms with van der Waals surface area (Å²) in [5.41, 5.74) is 0.940. The molecule has 0 bridgehead atoms. The van der Waals surface area contributed by atoms with Crippen LogP contribution in [0.15, 0.2) is 6.07 Å². The SMILES string of the molecule is COc1cc2c(c(O)c1O)COC(C)C2O. The molecule has 88 valence electrons. The number of methoxy groups -OCH3 is 1. The van der Waals surface area contributed by atoms with E-state index in [0.717, 1.165) is 0 Å². The number of hydrogen-bond acceptors (Lipinski definition) is 5. The largest absolute Gasteiger partial charge is 0.504 e. The monoisotopic (exact) mass is 226 g/mol. The average molecular weight is 226 g/mol. The molecule has 0 saturated heterocycles. The lowest BCUT2D eigenvalue weighted by molar-refractivity contribution is -0.0534. The van der Waals surface area contributed by atoms with Crippen molar-refractivity contribution < 1.29 is 24.8 Å². The van der Waals surface area contributed by atoms with Crippen LogP contribution in [0.1, 0.15) is 24.2 Å². The molecule has 1 aliphatic rings. The first-order valence-electron chi connectivity index (χ1n) is 4.97. The molecule has 0 spiro atoms. The standard InChI is InChI=1S/C11H14O5/c1-5-9(12)6-3-8(15-2)11(14)10(13)7(6)4-16-5/h3,5,9,12-14H,4H2,1-2H3. The summed E-state index contributed by atoms with van der Waals surface area (Å²) < 4.78 is 10.2. The van der Waals surface area contributed by atoms with E-state index in [2.05, 4.69) is 0 Å². The molecule has 0 aromatic heterocycles. The Bertz CT molecular complexity index is 415. The highest BCUT2D eigenvalue weighted by atomic mass is 16.5. The molecule has 5 nitrogen and oxygen atoms in total. The zero-order valence-electron chi connectivity index (χ0n) is 9.10. The van der Waals surface area contributed by atoms with Crippen LogP contribution in [0.25, 0.3) is 0 Å². The molecule has 2 rings (SSSR count). The van der Waals surface area contributed by atoms with Gasteiger partial charge in [0.05, 0.1) is 19.8 Å². The van der Waals surface area contributed by atoms with Crippen molar-refractivity contribution in [2.75, 3.05) is 7.11 Å². The fraction of sp³-hybridized carbons (Fsp3) is 0.455. The van der Waals surface area contributed by atoms with E-state index < -0.39 is 6.10 Å². The fourth-order valence-corrected chi connectivity index (χ4v) is 1.82. The van der Waals surface area contributed by atoms with Crippen molar-refractivity contribution in [3.05, 3.63) is 17.2 Å². The molecule has 2 atom stereocenters. The Morgan fingerprint density at radius 1 is 1.38 bits per heavy atom. The summed E-state index contributed by atoms with van der Waals surface area (Å²) in [5, 5.41) is 29.2. The highest BCUT2D eigenvalue weighted by Crippen LogP contribution is 2.45. The fourth-order valence-electron chi connectivity index (χ4n) is 1.82. The van der Waals surface area contributed by atoms with Crippen LogP contribution in [-0.4, -0.2) is 28.5 Å². The van der Waals surface area contributed by atoms with E-state index in [-0.39, 0.29) is 30.0 Å². The number of rotatable bonds is 1. The van der Waals surface area contributed by atoms with Gasteiger partial charge >= 0.3 is 0 Å². The van der Waals surface area contributed by atoms with Crippen LogP contribution in [0.3, 0.4) is 0 Å². The lowest BCUT2D eigenvalue weighted by Gasteiger charge is -2.29. The molecule has 1 aromatic carbocycles. The molecule has 0 fully saturated rings. The summed E-state index contributed by atoms with van der Waals surface area (Å²) in [6, 6.07) is 1.52. The van der Waals surface area contributed by atoms with Crippen molar-refractivity contribution in [2.45, 2.75) is 25.7 Å². The Morgan fingerprint density at radius 3 is 2.69 bits per heavy atom. The van der Waals surface area contributed by atoms with Crippen LogP contribution in [0, 0.1) is 0 Å². The Kier molecular flexibility index (Phi) is 2.65. The van der Waals surface area contributed by atoms with E-state index in [1.54, 1.807) is 6.92 Å². The summed E-state index contributed by atoms with van der Waals surface area (Å²) in [7, 11) is 1.38. The lowest BCUT2D eigenvalue weighted by Crippen LogP contribution is -2.25. The molecule has 0 saturated carbocycles. The number of phenols is 2. The summed E-state index contributed by atoms with van der Waals surface area (Å²) in [6.45, 7) is 1.90. The maximum absolute atomic E-state index is 9.89. The van der Waals surface area contributed by atoms with Gasteiger partial charge in [0, 0.05) is 5.56 Å². The van der Waals surface area contributed by atoms with Gasteiger partial charge in [-0.25, -0.2) is 0 Å². The molecular weight excluding hydrogens is 212 g/mol. The minimum absolute atomic E-state index is 0.143. The number of phenolic OH excluding ortho intramolecular Hbond substituents is 2. The van der Waals surface area contributed by atoms with E-state index >= 15 is 0 Å². The quantitative estimate of drug-likeness (QED) is 0.624. The molecule has 0 aliphatic carbocycles. The normalized spacial score (nSPS) is 23.9. The number of hydrogen-bond donors (Lipinski definition) is 3. The van der Waals surface area contributed by atoms with Crippen LogP contribution in [0.5, 0.6) is 17.2 Å². The van der Waals surface area contributed by atoms with Gasteiger partial charge in [-0.3, -0.25) is 0 Å². The topological polar surface area (TPSA) is 79.2 Å². The lowest BCUT2D eigenvalue weighted by atomic mass is 9.95. The Morgan fingerprint density at radius 2 is 2.06 bits per heavy atom. The van der Waals surface area contributed by atoms with Crippen molar-refractivity contribution in [1.29, 1.82) is 0 Å². The van der Waals surface area contributed by atoms with Gasteiger partial charge in [-0.2, -0.15) is 0 Å². The Hall–Kier alpha value is -1.46. The molecular formula is C11H14O5. The second kappa shape index (κ2) is 3.84. The molecule has 16 heavy (non-hydrogen) atoms. The predicted molar refractivity (Wildman–Crippen MR) is 55.5 cm³/mol. The van der Waals surface area contributed by atoms with Gasteiger partial charge in [-0.05, 0) is 18.6 Å². The summed E-state index contributed by atoms with van der Waals surface area (Å²) >= 11 is 0. The third-order valence-electron chi connectivity index (χ3n) is 2.85. The van der Waals surface area contributed by atoms with Gasteiger partial charge in [0.15, 0.2) is 11.5 Å². The van der Waals surface area contributed by atoms with Crippen LogP contribution in [-0.2, 0) is 11.3 Å². The zero-order chi connectivity index (χ0) is 11.9. The van der Waals surface area contributed by atoms with Crippen molar-refractivity contribution in [3.63, 3.8) is 0 Å².